The van der Waals surface area contributed by atoms with Crippen LogP contribution in [0.25, 0.3) is 5.69 Å². The number of aryl methyl sites for hydroxylation is 3. The molecule has 0 radical (unpaired) electrons. The predicted molar refractivity (Wildman–Crippen MR) is 92.2 cm³/mol. The molecule has 0 saturated carbocycles. The van der Waals surface area contributed by atoms with Gasteiger partial charge in [-0.2, -0.15) is 9.36 Å². The number of hydrogen-bond donors (Lipinski definition) is 0. The lowest BCUT2D eigenvalue weighted by Crippen LogP contribution is -2.23. The summed E-state index contributed by atoms with van der Waals surface area (Å²) in [5, 5.41) is 7.66. The molecule has 128 valence electrons. The van der Waals surface area contributed by atoms with Crippen LogP contribution in [0.15, 0.2) is 41.2 Å². The van der Waals surface area contributed by atoms with Crippen LogP contribution in [0.2, 0.25) is 0 Å². The van der Waals surface area contributed by atoms with Crippen molar-refractivity contribution in [2.24, 2.45) is 7.05 Å². The molecule has 0 aliphatic carbocycles. The van der Waals surface area contributed by atoms with Gasteiger partial charge in [0.1, 0.15) is 18.6 Å². The van der Waals surface area contributed by atoms with Crippen molar-refractivity contribution in [1.82, 2.24) is 19.8 Å². The third-order valence-electron chi connectivity index (χ3n) is 4.04. The number of aromatic nitrogens is 4. The Morgan fingerprint density at radius 2 is 1.92 bits per heavy atom. The monoisotopic (exact) mass is 338 g/mol. The van der Waals surface area contributed by atoms with Crippen molar-refractivity contribution in [2.75, 3.05) is 0 Å². The summed E-state index contributed by atoms with van der Waals surface area (Å²) in [7, 11) is 1.55. The van der Waals surface area contributed by atoms with Crippen LogP contribution in [-0.2, 0) is 13.7 Å². The second-order valence-electron chi connectivity index (χ2n) is 5.80. The predicted octanol–water partition coefficient (Wildman–Crippen LogP) is 1.97. The Labute approximate surface area is 144 Å². The van der Waals surface area contributed by atoms with Gasteiger partial charge in [-0.25, -0.2) is 4.79 Å². The average molecular weight is 338 g/mol. The van der Waals surface area contributed by atoms with E-state index in [9.17, 15) is 9.59 Å². The standard InChI is InChI=1S/C18H18N4O3/c1-12-5-4-6-16(22-18(24)21(3)19-20-22)15(12)11-25-17-8-7-14(10-23)9-13(17)2/h4-10H,11H2,1-3H3. The van der Waals surface area contributed by atoms with Crippen molar-refractivity contribution in [3.05, 3.63) is 69.1 Å². The number of tetrazole rings is 1. The third kappa shape index (κ3) is 3.21. The minimum atomic E-state index is -0.321. The lowest BCUT2D eigenvalue weighted by atomic mass is 10.1. The highest BCUT2D eigenvalue weighted by atomic mass is 16.5. The molecule has 3 aromatic rings. The molecule has 0 amide bonds. The molecule has 1 heterocycles. The van der Waals surface area contributed by atoms with Gasteiger partial charge in [-0.1, -0.05) is 12.1 Å². The number of carbonyl (C=O) groups is 1. The van der Waals surface area contributed by atoms with Crippen molar-refractivity contribution in [3.8, 4) is 11.4 Å². The highest BCUT2D eigenvalue weighted by Gasteiger charge is 2.14. The summed E-state index contributed by atoms with van der Waals surface area (Å²) in [4.78, 5) is 23.0. The van der Waals surface area contributed by atoms with E-state index in [2.05, 4.69) is 10.4 Å². The van der Waals surface area contributed by atoms with Crippen molar-refractivity contribution in [1.29, 1.82) is 0 Å². The quantitative estimate of drug-likeness (QED) is 0.665. The molecule has 0 spiro atoms. The van der Waals surface area contributed by atoms with Gasteiger partial charge in [0.15, 0.2) is 0 Å². The fraction of sp³-hybridized carbons (Fsp3) is 0.222. The van der Waals surface area contributed by atoms with Crippen LogP contribution in [0.4, 0.5) is 0 Å². The van der Waals surface area contributed by atoms with E-state index in [1.54, 1.807) is 25.2 Å². The number of ether oxygens (including phenoxy) is 1. The van der Waals surface area contributed by atoms with Gasteiger partial charge in [0.05, 0.1) is 5.69 Å². The number of carbonyl (C=O) groups excluding carboxylic acids is 1. The first kappa shape index (κ1) is 16.6. The zero-order chi connectivity index (χ0) is 18.0. The Morgan fingerprint density at radius 3 is 2.56 bits per heavy atom. The molecular weight excluding hydrogens is 320 g/mol. The number of benzene rings is 2. The zero-order valence-electron chi connectivity index (χ0n) is 14.3. The molecule has 7 heteroatoms. The van der Waals surface area contributed by atoms with Gasteiger partial charge in [-0.05, 0) is 59.7 Å². The zero-order valence-corrected chi connectivity index (χ0v) is 14.3. The number of aldehydes is 1. The van der Waals surface area contributed by atoms with Crippen LogP contribution < -0.4 is 10.4 Å². The minimum Gasteiger partial charge on any atom is -0.489 e. The number of rotatable bonds is 5. The summed E-state index contributed by atoms with van der Waals surface area (Å²) < 4.78 is 8.36. The molecule has 25 heavy (non-hydrogen) atoms. The van der Waals surface area contributed by atoms with E-state index < -0.39 is 0 Å². The van der Waals surface area contributed by atoms with E-state index in [4.69, 9.17) is 4.74 Å². The van der Waals surface area contributed by atoms with E-state index in [0.29, 0.717) is 17.0 Å². The van der Waals surface area contributed by atoms with Crippen LogP contribution in [0.3, 0.4) is 0 Å². The summed E-state index contributed by atoms with van der Waals surface area (Å²) in [5.41, 5.74) is 3.63. The molecular formula is C18H18N4O3. The summed E-state index contributed by atoms with van der Waals surface area (Å²) in [6.07, 6.45) is 0.802. The molecule has 1 aromatic heterocycles. The van der Waals surface area contributed by atoms with Gasteiger partial charge in [-0.3, -0.25) is 4.79 Å². The van der Waals surface area contributed by atoms with Crippen molar-refractivity contribution >= 4 is 6.29 Å². The molecule has 0 aliphatic rings. The maximum atomic E-state index is 12.2. The first-order valence-corrected chi connectivity index (χ1v) is 7.77. The van der Waals surface area contributed by atoms with Crippen LogP contribution in [0.1, 0.15) is 27.0 Å². The molecule has 0 atom stereocenters. The molecule has 2 aromatic carbocycles. The Kier molecular flexibility index (Phi) is 4.47. The Hall–Kier alpha value is -3.22. The van der Waals surface area contributed by atoms with Gasteiger partial charge in [-0.15, -0.1) is 0 Å². The number of hydrogen-bond acceptors (Lipinski definition) is 5. The normalized spacial score (nSPS) is 10.7. The first-order chi connectivity index (χ1) is 12.0. The molecule has 0 unspecified atom stereocenters. The van der Waals surface area contributed by atoms with Gasteiger partial charge in [0.25, 0.3) is 0 Å². The minimum absolute atomic E-state index is 0.270. The van der Waals surface area contributed by atoms with Crippen LogP contribution >= 0.6 is 0 Å². The largest absolute Gasteiger partial charge is 0.489 e. The van der Waals surface area contributed by atoms with Gasteiger partial charge >= 0.3 is 5.69 Å². The van der Waals surface area contributed by atoms with Crippen molar-refractivity contribution in [3.63, 3.8) is 0 Å². The first-order valence-electron chi connectivity index (χ1n) is 7.77. The highest BCUT2D eigenvalue weighted by molar-refractivity contribution is 5.75. The fourth-order valence-electron chi connectivity index (χ4n) is 2.60. The lowest BCUT2D eigenvalue weighted by Gasteiger charge is -2.14. The molecule has 0 fully saturated rings. The van der Waals surface area contributed by atoms with E-state index in [-0.39, 0.29) is 12.3 Å². The van der Waals surface area contributed by atoms with Crippen LogP contribution in [0, 0.1) is 13.8 Å². The molecule has 7 nitrogen and oxygen atoms in total. The lowest BCUT2D eigenvalue weighted by molar-refractivity contribution is 0.112. The van der Waals surface area contributed by atoms with Gasteiger partial charge in [0, 0.05) is 18.2 Å². The topological polar surface area (TPSA) is 79.0 Å². The van der Waals surface area contributed by atoms with Crippen molar-refractivity contribution in [2.45, 2.75) is 20.5 Å². The van der Waals surface area contributed by atoms with Crippen molar-refractivity contribution < 1.29 is 9.53 Å². The molecule has 3 rings (SSSR count). The summed E-state index contributed by atoms with van der Waals surface area (Å²) in [6.45, 7) is 4.10. The second-order valence-corrected chi connectivity index (χ2v) is 5.80. The number of nitrogens with zero attached hydrogens (tertiary/aromatic N) is 4. The average Bonchev–Trinajstić information content (AvgIpc) is 2.93. The molecule has 0 N–H and O–H groups in total. The summed E-state index contributed by atoms with van der Waals surface area (Å²) in [5.74, 6) is 0.686. The Balaban J connectivity index is 1.94. The van der Waals surface area contributed by atoms with E-state index in [1.165, 1.54) is 9.36 Å². The van der Waals surface area contributed by atoms with E-state index >= 15 is 0 Å². The van der Waals surface area contributed by atoms with Gasteiger partial charge < -0.3 is 4.74 Å². The fourth-order valence-corrected chi connectivity index (χ4v) is 2.60. The highest BCUT2D eigenvalue weighted by Crippen LogP contribution is 2.23. The third-order valence-corrected chi connectivity index (χ3v) is 4.04. The molecule has 0 saturated heterocycles. The smallest absolute Gasteiger partial charge is 0.368 e. The van der Waals surface area contributed by atoms with Gasteiger partial charge in [0.2, 0.25) is 0 Å². The van der Waals surface area contributed by atoms with Crippen LogP contribution in [0.5, 0.6) is 5.75 Å². The molecule has 0 bridgehead atoms. The van der Waals surface area contributed by atoms with E-state index in [1.807, 2.05) is 32.0 Å². The maximum absolute atomic E-state index is 12.2. The summed E-state index contributed by atoms with van der Waals surface area (Å²) >= 11 is 0. The summed E-state index contributed by atoms with van der Waals surface area (Å²) in [6, 6.07) is 10.9. The second kappa shape index (κ2) is 6.72. The SMILES string of the molecule is Cc1cc(C=O)ccc1OCc1c(C)cccc1-n1nnn(C)c1=O. The Morgan fingerprint density at radius 1 is 1.12 bits per heavy atom. The Bertz CT molecular complexity index is 988. The van der Waals surface area contributed by atoms with E-state index in [0.717, 1.165) is 23.0 Å². The van der Waals surface area contributed by atoms with Crippen LogP contribution in [-0.4, -0.2) is 26.1 Å². The molecule has 0 aliphatic heterocycles. The maximum Gasteiger partial charge on any atom is 0.368 e.